The van der Waals surface area contributed by atoms with E-state index in [-0.39, 0.29) is 11.9 Å². The number of aryl methyl sites for hydroxylation is 1. The average Bonchev–Trinajstić information content (AvgIpc) is 2.29. The molecule has 2 nitrogen and oxygen atoms in total. The standard InChI is InChI=1S/C15H23NO/c1-4-5-6-10-13(3)16-15(17)14-11-8-7-9-12(14)2/h7-9,11,13H,4-6,10H2,1-3H3,(H,16,17)/t13-/m1/s1. The fourth-order valence-electron chi connectivity index (χ4n) is 1.90. The summed E-state index contributed by atoms with van der Waals surface area (Å²) < 4.78 is 0. The summed E-state index contributed by atoms with van der Waals surface area (Å²) in [5, 5.41) is 3.06. The van der Waals surface area contributed by atoms with Crippen LogP contribution in [0.25, 0.3) is 0 Å². The van der Waals surface area contributed by atoms with Crippen molar-refractivity contribution in [3.05, 3.63) is 35.4 Å². The number of carbonyl (C=O) groups excluding carboxylic acids is 1. The van der Waals surface area contributed by atoms with E-state index in [1.54, 1.807) is 0 Å². The molecule has 1 aromatic rings. The molecule has 1 aromatic carbocycles. The average molecular weight is 233 g/mol. The number of hydrogen-bond donors (Lipinski definition) is 1. The van der Waals surface area contributed by atoms with E-state index in [1.807, 2.05) is 31.2 Å². The van der Waals surface area contributed by atoms with Crippen molar-refractivity contribution < 1.29 is 4.79 Å². The number of hydrogen-bond acceptors (Lipinski definition) is 1. The second kappa shape index (κ2) is 7.10. The maximum atomic E-state index is 12.0. The molecule has 0 unspecified atom stereocenters. The fraction of sp³-hybridized carbons (Fsp3) is 0.533. The molecule has 0 aliphatic carbocycles. The van der Waals surface area contributed by atoms with Gasteiger partial charge in [-0.15, -0.1) is 0 Å². The molecular weight excluding hydrogens is 210 g/mol. The molecule has 0 saturated carbocycles. The number of rotatable bonds is 6. The van der Waals surface area contributed by atoms with Gasteiger partial charge in [-0.25, -0.2) is 0 Å². The van der Waals surface area contributed by atoms with Gasteiger partial charge in [0.05, 0.1) is 0 Å². The van der Waals surface area contributed by atoms with Crippen LogP contribution in [0.2, 0.25) is 0 Å². The molecule has 0 aromatic heterocycles. The molecule has 0 heterocycles. The summed E-state index contributed by atoms with van der Waals surface area (Å²) in [6, 6.07) is 7.97. The van der Waals surface area contributed by atoms with Gasteiger partial charge in [0.1, 0.15) is 0 Å². The number of amides is 1. The van der Waals surface area contributed by atoms with Crippen LogP contribution < -0.4 is 5.32 Å². The normalized spacial score (nSPS) is 12.2. The summed E-state index contributed by atoms with van der Waals surface area (Å²) in [4.78, 5) is 12.0. The Balaban J connectivity index is 2.46. The van der Waals surface area contributed by atoms with E-state index in [9.17, 15) is 4.79 Å². The van der Waals surface area contributed by atoms with Crippen molar-refractivity contribution in [2.75, 3.05) is 0 Å². The predicted octanol–water partition coefficient (Wildman–Crippen LogP) is 3.69. The maximum absolute atomic E-state index is 12.0. The van der Waals surface area contributed by atoms with E-state index in [0.29, 0.717) is 0 Å². The number of carbonyl (C=O) groups is 1. The number of nitrogens with one attached hydrogen (secondary N) is 1. The largest absolute Gasteiger partial charge is 0.350 e. The Morgan fingerprint density at radius 3 is 2.65 bits per heavy atom. The molecule has 0 saturated heterocycles. The van der Waals surface area contributed by atoms with Gasteiger partial charge in [-0.1, -0.05) is 44.4 Å². The minimum absolute atomic E-state index is 0.0482. The zero-order valence-corrected chi connectivity index (χ0v) is 11.1. The first-order valence-corrected chi connectivity index (χ1v) is 6.51. The summed E-state index contributed by atoms with van der Waals surface area (Å²) in [5.74, 6) is 0.0482. The van der Waals surface area contributed by atoms with Gasteiger partial charge in [-0.05, 0) is 31.9 Å². The number of unbranched alkanes of at least 4 members (excludes halogenated alkanes) is 2. The monoisotopic (exact) mass is 233 g/mol. The third-order valence-corrected chi connectivity index (χ3v) is 3.01. The van der Waals surface area contributed by atoms with Crippen molar-refractivity contribution in [2.45, 2.75) is 52.5 Å². The summed E-state index contributed by atoms with van der Waals surface area (Å²) >= 11 is 0. The Morgan fingerprint density at radius 2 is 2.00 bits per heavy atom. The Labute approximate surface area is 104 Å². The lowest BCUT2D eigenvalue weighted by atomic mass is 10.1. The first-order chi connectivity index (χ1) is 8.15. The van der Waals surface area contributed by atoms with Crippen LogP contribution in [0.15, 0.2) is 24.3 Å². The molecular formula is C15H23NO. The minimum atomic E-state index is 0.0482. The lowest BCUT2D eigenvalue weighted by Crippen LogP contribution is -2.32. The zero-order valence-electron chi connectivity index (χ0n) is 11.1. The van der Waals surface area contributed by atoms with Crippen molar-refractivity contribution >= 4 is 5.91 Å². The van der Waals surface area contributed by atoms with Crippen LogP contribution in [-0.2, 0) is 0 Å². The van der Waals surface area contributed by atoms with Gasteiger partial charge >= 0.3 is 0 Å². The van der Waals surface area contributed by atoms with E-state index in [1.165, 1.54) is 19.3 Å². The van der Waals surface area contributed by atoms with E-state index in [0.717, 1.165) is 17.5 Å². The van der Waals surface area contributed by atoms with Gasteiger partial charge in [0, 0.05) is 11.6 Å². The quantitative estimate of drug-likeness (QED) is 0.746. The Hall–Kier alpha value is -1.31. The molecule has 1 rings (SSSR count). The van der Waals surface area contributed by atoms with Gasteiger partial charge in [0.15, 0.2) is 0 Å². The highest BCUT2D eigenvalue weighted by atomic mass is 16.1. The first kappa shape index (κ1) is 13.8. The molecule has 1 N–H and O–H groups in total. The van der Waals surface area contributed by atoms with E-state index >= 15 is 0 Å². The molecule has 0 bridgehead atoms. The minimum Gasteiger partial charge on any atom is -0.350 e. The van der Waals surface area contributed by atoms with Gasteiger partial charge < -0.3 is 5.32 Å². The van der Waals surface area contributed by atoms with Crippen molar-refractivity contribution in [1.29, 1.82) is 0 Å². The molecule has 1 amide bonds. The molecule has 0 fully saturated rings. The van der Waals surface area contributed by atoms with Crippen LogP contribution in [0.1, 0.15) is 55.5 Å². The summed E-state index contributed by atoms with van der Waals surface area (Å²) in [6.45, 7) is 6.24. The summed E-state index contributed by atoms with van der Waals surface area (Å²) in [5.41, 5.74) is 1.82. The summed E-state index contributed by atoms with van der Waals surface area (Å²) in [6.07, 6.45) is 4.71. The first-order valence-electron chi connectivity index (χ1n) is 6.51. The second-order valence-electron chi connectivity index (χ2n) is 4.69. The lowest BCUT2D eigenvalue weighted by Gasteiger charge is -2.14. The van der Waals surface area contributed by atoms with Crippen LogP contribution in [0.4, 0.5) is 0 Å². The van der Waals surface area contributed by atoms with Crippen molar-refractivity contribution in [2.24, 2.45) is 0 Å². The highest BCUT2D eigenvalue weighted by Gasteiger charge is 2.10. The van der Waals surface area contributed by atoms with E-state index in [2.05, 4.69) is 19.2 Å². The van der Waals surface area contributed by atoms with Crippen molar-refractivity contribution in [3.63, 3.8) is 0 Å². The molecule has 0 spiro atoms. The molecule has 0 radical (unpaired) electrons. The molecule has 0 aliphatic heterocycles. The van der Waals surface area contributed by atoms with E-state index < -0.39 is 0 Å². The topological polar surface area (TPSA) is 29.1 Å². The molecule has 1 atom stereocenters. The number of benzene rings is 1. The maximum Gasteiger partial charge on any atom is 0.251 e. The SMILES string of the molecule is CCCCC[C@@H](C)NC(=O)c1ccccc1C. The molecule has 17 heavy (non-hydrogen) atoms. The van der Waals surface area contributed by atoms with Crippen molar-refractivity contribution in [3.8, 4) is 0 Å². The Morgan fingerprint density at radius 1 is 1.29 bits per heavy atom. The van der Waals surface area contributed by atoms with Crippen LogP contribution in [0.5, 0.6) is 0 Å². The highest BCUT2D eigenvalue weighted by molar-refractivity contribution is 5.95. The zero-order chi connectivity index (χ0) is 12.7. The summed E-state index contributed by atoms with van der Waals surface area (Å²) in [7, 11) is 0. The van der Waals surface area contributed by atoms with Gasteiger partial charge in [0.25, 0.3) is 5.91 Å². The fourth-order valence-corrected chi connectivity index (χ4v) is 1.90. The predicted molar refractivity (Wildman–Crippen MR) is 72.2 cm³/mol. The smallest absolute Gasteiger partial charge is 0.251 e. The van der Waals surface area contributed by atoms with Gasteiger partial charge in [-0.3, -0.25) is 4.79 Å². The lowest BCUT2D eigenvalue weighted by molar-refractivity contribution is 0.0937. The van der Waals surface area contributed by atoms with Crippen LogP contribution >= 0.6 is 0 Å². The third kappa shape index (κ3) is 4.59. The molecule has 0 aliphatic rings. The highest BCUT2D eigenvalue weighted by Crippen LogP contribution is 2.08. The third-order valence-electron chi connectivity index (χ3n) is 3.01. The Kier molecular flexibility index (Phi) is 5.75. The van der Waals surface area contributed by atoms with Crippen LogP contribution in [0, 0.1) is 6.92 Å². The van der Waals surface area contributed by atoms with Gasteiger partial charge in [-0.2, -0.15) is 0 Å². The van der Waals surface area contributed by atoms with E-state index in [4.69, 9.17) is 0 Å². The van der Waals surface area contributed by atoms with Crippen molar-refractivity contribution in [1.82, 2.24) is 5.32 Å². The van der Waals surface area contributed by atoms with Crippen LogP contribution in [-0.4, -0.2) is 11.9 Å². The van der Waals surface area contributed by atoms with Gasteiger partial charge in [0.2, 0.25) is 0 Å². The second-order valence-corrected chi connectivity index (χ2v) is 4.69. The molecule has 94 valence electrons. The van der Waals surface area contributed by atoms with Crippen LogP contribution in [0.3, 0.4) is 0 Å². The molecule has 2 heteroatoms. The Bertz CT molecular complexity index is 360.